The van der Waals surface area contributed by atoms with E-state index in [0.29, 0.717) is 28.0 Å². The van der Waals surface area contributed by atoms with Crippen molar-refractivity contribution in [3.05, 3.63) is 41.7 Å². The number of ether oxygens (including phenoxy) is 3. The molecule has 26 heavy (non-hydrogen) atoms. The lowest BCUT2D eigenvalue weighted by Crippen LogP contribution is -1.97. The highest BCUT2D eigenvalue weighted by Crippen LogP contribution is 2.41. The third-order valence-electron chi connectivity index (χ3n) is 4.15. The SMILES string of the molecule is COc1ccc(-c2c(-c3cc(Cl)c(OC)c(OC)c3)ncn2C)cc1N. The number of hydrogen-bond acceptors (Lipinski definition) is 5. The van der Waals surface area contributed by atoms with Crippen molar-refractivity contribution in [1.29, 1.82) is 0 Å². The Hall–Kier alpha value is -2.86. The number of nitrogens with zero attached hydrogens (tertiary/aromatic N) is 2. The molecule has 0 aliphatic rings. The van der Waals surface area contributed by atoms with Crippen LogP contribution in [-0.4, -0.2) is 30.9 Å². The predicted octanol–water partition coefficient (Wildman–Crippen LogP) is 4.02. The van der Waals surface area contributed by atoms with Crippen molar-refractivity contribution in [1.82, 2.24) is 9.55 Å². The van der Waals surface area contributed by atoms with Crippen LogP contribution in [-0.2, 0) is 7.05 Å². The van der Waals surface area contributed by atoms with E-state index in [1.807, 2.05) is 41.9 Å². The highest BCUT2D eigenvalue weighted by molar-refractivity contribution is 6.32. The Balaban J connectivity index is 2.18. The van der Waals surface area contributed by atoms with Crippen LogP contribution < -0.4 is 19.9 Å². The van der Waals surface area contributed by atoms with Crippen LogP contribution >= 0.6 is 11.6 Å². The van der Waals surface area contributed by atoms with Gasteiger partial charge >= 0.3 is 0 Å². The molecule has 136 valence electrons. The van der Waals surface area contributed by atoms with Gasteiger partial charge in [0.2, 0.25) is 0 Å². The highest BCUT2D eigenvalue weighted by Gasteiger charge is 2.18. The molecule has 0 saturated heterocycles. The second-order valence-corrected chi connectivity index (χ2v) is 6.11. The predicted molar refractivity (Wildman–Crippen MR) is 103 cm³/mol. The van der Waals surface area contributed by atoms with E-state index < -0.39 is 0 Å². The molecule has 0 bridgehead atoms. The molecule has 1 aromatic heterocycles. The topological polar surface area (TPSA) is 71.5 Å². The molecule has 0 fully saturated rings. The van der Waals surface area contributed by atoms with Crippen LogP contribution in [0.2, 0.25) is 5.02 Å². The Labute approximate surface area is 157 Å². The normalized spacial score (nSPS) is 10.7. The van der Waals surface area contributed by atoms with E-state index in [9.17, 15) is 0 Å². The fourth-order valence-electron chi connectivity index (χ4n) is 2.92. The van der Waals surface area contributed by atoms with Gasteiger partial charge in [-0.1, -0.05) is 11.6 Å². The molecule has 0 amide bonds. The molecule has 0 atom stereocenters. The lowest BCUT2D eigenvalue weighted by molar-refractivity contribution is 0.355. The van der Waals surface area contributed by atoms with Crippen LogP contribution in [0, 0.1) is 0 Å². The molecule has 0 radical (unpaired) electrons. The summed E-state index contributed by atoms with van der Waals surface area (Å²) in [7, 11) is 6.64. The molecule has 0 unspecified atom stereocenters. The first-order valence-corrected chi connectivity index (χ1v) is 8.25. The first-order chi connectivity index (χ1) is 12.5. The minimum atomic E-state index is 0.452. The zero-order chi connectivity index (χ0) is 18.8. The largest absolute Gasteiger partial charge is 0.495 e. The van der Waals surface area contributed by atoms with Crippen LogP contribution in [0.25, 0.3) is 22.5 Å². The lowest BCUT2D eigenvalue weighted by Gasteiger charge is -2.13. The average Bonchev–Trinajstić information content (AvgIpc) is 3.02. The van der Waals surface area contributed by atoms with E-state index >= 15 is 0 Å². The van der Waals surface area contributed by atoms with Gasteiger partial charge in [0.25, 0.3) is 0 Å². The monoisotopic (exact) mass is 373 g/mol. The smallest absolute Gasteiger partial charge is 0.179 e. The number of methoxy groups -OCH3 is 3. The molecule has 3 aromatic rings. The Kier molecular flexibility index (Phi) is 4.95. The van der Waals surface area contributed by atoms with Gasteiger partial charge in [0.15, 0.2) is 11.5 Å². The second kappa shape index (κ2) is 7.17. The number of aromatic nitrogens is 2. The number of halogens is 1. The number of benzene rings is 2. The number of hydrogen-bond donors (Lipinski definition) is 1. The van der Waals surface area contributed by atoms with Crippen molar-refractivity contribution in [2.24, 2.45) is 7.05 Å². The molecule has 3 rings (SSSR count). The summed E-state index contributed by atoms with van der Waals surface area (Å²) in [6, 6.07) is 9.30. The minimum absolute atomic E-state index is 0.452. The lowest BCUT2D eigenvalue weighted by atomic mass is 10.0. The van der Waals surface area contributed by atoms with Crippen LogP contribution in [0.1, 0.15) is 0 Å². The Bertz CT molecular complexity index is 953. The van der Waals surface area contributed by atoms with Gasteiger partial charge in [-0.2, -0.15) is 0 Å². The van der Waals surface area contributed by atoms with Crippen molar-refractivity contribution in [2.75, 3.05) is 27.1 Å². The minimum Gasteiger partial charge on any atom is -0.495 e. The Morgan fingerprint density at radius 2 is 1.69 bits per heavy atom. The summed E-state index contributed by atoms with van der Waals surface area (Å²) in [5.41, 5.74) is 10.0. The van der Waals surface area contributed by atoms with Gasteiger partial charge < -0.3 is 24.5 Å². The molecule has 0 spiro atoms. The van der Waals surface area contributed by atoms with Gasteiger partial charge in [0.05, 0.1) is 49.8 Å². The molecule has 2 aromatic carbocycles. The number of rotatable bonds is 5. The van der Waals surface area contributed by atoms with Crippen molar-refractivity contribution in [2.45, 2.75) is 0 Å². The third kappa shape index (κ3) is 3.04. The number of nitrogens with two attached hydrogens (primary N) is 1. The number of anilines is 1. The van der Waals surface area contributed by atoms with Crippen molar-refractivity contribution in [3.63, 3.8) is 0 Å². The maximum Gasteiger partial charge on any atom is 0.179 e. The summed E-state index contributed by atoms with van der Waals surface area (Å²) < 4.78 is 17.9. The summed E-state index contributed by atoms with van der Waals surface area (Å²) >= 11 is 6.36. The van der Waals surface area contributed by atoms with Crippen LogP contribution in [0.15, 0.2) is 36.7 Å². The summed E-state index contributed by atoms with van der Waals surface area (Å²) in [6.07, 6.45) is 1.75. The first kappa shape index (κ1) is 17.9. The maximum absolute atomic E-state index is 6.36. The Morgan fingerprint density at radius 3 is 2.31 bits per heavy atom. The highest BCUT2D eigenvalue weighted by atomic mass is 35.5. The van der Waals surface area contributed by atoms with Crippen molar-refractivity contribution >= 4 is 17.3 Å². The van der Waals surface area contributed by atoms with Gasteiger partial charge in [0.1, 0.15) is 5.75 Å². The number of aryl methyl sites for hydroxylation is 1. The Morgan fingerprint density at radius 1 is 0.962 bits per heavy atom. The van der Waals surface area contributed by atoms with Crippen molar-refractivity contribution in [3.8, 4) is 39.8 Å². The summed E-state index contributed by atoms with van der Waals surface area (Å²) in [6.45, 7) is 0. The van der Waals surface area contributed by atoms with E-state index in [-0.39, 0.29) is 0 Å². The molecule has 2 N–H and O–H groups in total. The zero-order valence-corrected chi connectivity index (χ0v) is 15.8. The van der Waals surface area contributed by atoms with Gasteiger partial charge in [-0.3, -0.25) is 0 Å². The molecule has 7 heteroatoms. The van der Waals surface area contributed by atoms with Gasteiger partial charge in [-0.25, -0.2) is 4.98 Å². The van der Waals surface area contributed by atoms with Crippen LogP contribution in [0.5, 0.6) is 17.2 Å². The summed E-state index contributed by atoms with van der Waals surface area (Å²) in [5.74, 6) is 1.66. The summed E-state index contributed by atoms with van der Waals surface area (Å²) in [5, 5.41) is 0.452. The summed E-state index contributed by atoms with van der Waals surface area (Å²) in [4.78, 5) is 4.54. The maximum atomic E-state index is 6.36. The quantitative estimate of drug-likeness (QED) is 0.684. The van der Waals surface area contributed by atoms with E-state index in [1.165, 1.54) is 0 Å². The van der Waals surface area contributed by atoms with E-state index in [0.717, 1.165) is 22.5 Å². The zero-order valence-electron chi connectivity index (χ0n) is 15.0. The molecule has 0 aliphatic carbocycles. The van der Waals surface area contributed by atoms with E-state index in [2.05, 4.69) is 4.98 Å². The average molecular weight is 374 g/mol. The molecular formula is C19H20ClN3O3. The van der Waals surface area contributed by atoms with Crippen LogP contribution in [0.3, 0.4) is 0 Å². The van der Waals surface area contributed by atoms with Gasteiger partial charge in [-0.05, 0) is 30.3 Å². The molecule has 0 saturated carbocycles. The third-order valence-corrected chi connectivity index (χ3v) is 4.43. The van der Waals surface area contributed by atoms with E-state index in [1.54, 1.807) is 27.7 Å². The van der Waals surface area contributed by atoms with Gasteiger partial charge in [-0.15, -0.1) is 0 Å². The molecule has 6 nitrogen and oxygen atoms in total. The number of nitrogen functional groups attached to an aromatic ring is 1. The molecular weight excluding hydrogens is 354 g/mol. The fraction of sp³-hybridized carbons (Fsp3) is 0.211. The first-order valence-electron chi connectivity index (χ1n) is 7.87. The van der Waals surface area contributed by atoms with Crippen LogP contribution in [0.4, 0.5) is 5.69 Å². The molecule has 1 heterocycles. The molecule has 0 aliphatic heterocycles. The van der Waals surface area contributed by atoms with E-state index in [4.69, 9.17) is 31.5 Å². The standard InChI is InChI=1S/C19H20ClN3O3/c1-23-10-22-17(12-7-13(20)19(26-4)16(9-12)25-3)18(23)11-5-6-15(24-2)14(21)8-11/h5-10H,21H2,1-4H3. The number of imidazole rings is 1. The van der Waals surface area contributed by atoms with Gasteiger partial charge in [0, 0.05) is 18.2 Å². The second-order valence-electron chi connectivity index (χ2n) is 5.70. The van der Waals surface area contributed by atoms with Crippen molar-refractivity contribution < 1.29 is 14.2 Å². The fourth-order valence-corrected chi connectivity index (χ4v) is 3.21.